The number of hydrogen-bond acceptors (Lipinski definition) is 6. The fraction of sp³-hybridized carbons (Fsp3) is 0.158. The van der Waals surface area contributed by atoms with Gasteiger partial charge in [0, 0.05) is 11.1 Å². The Kier molecular flexibility index (Phi) is 5.16. The molecule has 8 nitrogen and oxygen atoms in total. The van der Waals surface area contributed by atoms with Crippen molar-refractivity contribution in [2.24, 2.45) is 0 Å². The molecule has 1 amide bonds. The SMILES string of the molecule is COc1ccc(NC(=O)[C@@H](C)OC(=O)c2n[nH]c(=O)c3ccccc23)cc1. The predicted octanol–water partition coefficient (Wildman–Crippen LogP) is 2.12. The highest BCUT2D eigenvalue weighted by atomic mass is 16.5. The average molecular weight is 367 g/mol. The van der Waals surface area contributed by atoms with Gasteiger partial charge in [-0.25, -0.2) is 9.89 Å². The lowest BCUT2D eigenvalue weighted by atomic mass is 10.1. The maximum absolute atomic E-state index is 12.4. The van der Waals surface area contributed by atoms with Crippen LogP contribution in [0.15, 0.2) is 53.3 Å². The van der Waals surface area contributed by atoms with E-state index >= 15 is 0 Å². The van der Waals surface area contributed by atoms with Crippen LogP contribution in [0, 0.1) is 0 Å². The minimum absolute atomic E-state index is 0.0608. The summed E-state index contributed by atoms with van der Waals surface area (Å²) in [5.74, 6) is -0.648. The minimum Gasteiger partial charge on any atom is -0.497 e. The highest BCUT2D eigenvalue weighted by Crippen LogP contribution is 2.17. The Balaban J connectivity index is 1.72. The molecule has 138 valence electrons. The molecule has 0 aliphatic carbocycles. The first-order valence-corrected chi connectivity index (χ1v) is 8.13. The monoisotopic (exact) mass is 367 g/mol. The molecular weight excluding hydrogens is 350 g/mol. The first-order valence-electron chi connectivity index (χ1n) is 8.13. The molecule has 1 atom stereocenters. The van der Waals surface area contributed by atoms with Crippen LogP contribution in [-0.2, 0) is 9.53 Å². The molecule has 0 spiro atoms. The zero-order chi connectivity index (χ0) is 19.4. The maximum Gasteiger partial charge on any atom is 0.360 e. The number of fused-ring (bicyclic) bond motifs is 1. The second kappa shape index (κ2) is 7.69. The van der Waals surface area contributed by atoms with Gasteiger partial charge in [-0.05, 0) is 37.3 Å². The molecule has 0 aliphatic rings. The van der Waals surface area contributed by atoms with E-state index in [1.54, 1.807) is 55.6 Å². The number of hydrogen-bond donors (Lipinski definition) is 2. The smallest absolute Gasteiger partial charge is 0.360 e. The second-order valence-corrected chi connectivity index (χ2v) is 5.71. The van der Waals surface area contributed by atoms with Crippen molar-refractivity contribution >= 4 is 28.3 Å². The minimum atomic E-state index is -1.06. The fourth-order valence-corrected chi connectivity index (χ4v) is 2.46. The van der Waals surface area contributed by atoms with E-state index in [2.05, 4.69) is 15.5 Å². The lowest BCUT2D eigenvalue weighted by Gasteiger charge is -2.14. The van der Waals surface area contributed by atoms with Crippen LogP contribution < -0.4 is 15.6 Å². The molecule has 0 unspecified atom stereocenters. The van der Waals surface area contributed by atoms with E-state index in [9.17, 15) is 14.4 Å². The number of rotatable bonds is 5. The van der Waals surface area contributed by atoms with Crippen molar-refractivity contribution in [1.29, 1.82) is 0 Å². The molecule has 2 N–H and O–H groups in total. The molecule has 0 fully saturated rings. The van der Waals surface area contributed by atoms with Gasteiger partial charge in [0.05, 0.1) is 12.5 Å². The first-order chi connectivity index (χ1) is 13.0. The molecule has 2 aromatic carbocycles. The summed E-state index contributed by atoms with van der Waals surface area (Å²) < 4.78 is 10.3. The van der Waals surface area contributed by atoms with Crippen molar-refractivity contribution < 1.29 is 19.1 Å². The molecule has 0 bridgehead atoms. The number of esters is 1. The van der Waals surface area contributed by atoms with E-state index in [1.807, 2.05) is 0 Å². The normalized spacial score (nSPS) is 11.6. The number of aromatic nitrogens is 2. The largest absolute Gasteiger partial charge is 0.497 e. The van der Waals surface area contributed by atoms with Crippen molar-refractivity contribution in [3.63, 3.8) is 0 Å². The maximum atomic E-state index is 12.4. The third-order valence-corrected chi connectivity index (χ3v) is 3.90. The summed E-state index contributed by atoms with van der Waals surface area (Å²) in [5, 5.41) is 9.34. The van der Waals surface area contributed by atoms with Gasteiger partial charge in [-0.15, -0.1) is 0 Å². The van der Waals surface area contributed by atoms with Crippen molar-refractivity contribution in [2.45, 2.75) is 13.0 Å². The van der Waals surface area contributed by atoms with E-state index in [-0.39, 0.29) is 5.69 Å². The number of ether oxygens (including phenoxy) is 2. The van der Waals surface area contributed by atoms with Crippen molar-refractivity contribution in [2.75, 3.05) is 12.4 Å². The molecular formula is C19H17N3O5. The molecule has 3 rings (SSSR count). The first kappa shape index (κ1) is 18.1. The zero-order valence-electron chi connectivity index (χ0n) is 14.7. The number of benzene rings is 2. The summed E-state index contributed by atoms with van der Waals surface area (Å²) in [6.07, 6.45) is -1.06. The summed E-state index contributed by atoms with van der Waals surface area (Å²) in [6.45, 7) is 1.45. The molecule has 3 aromatic rings. The Morgan fingerprint density at radius 3 is 2.41 bits per heavy atom. The van der Waals surface area contributed by atoms with Crippen LogP contribution >= 0.6 is 0 Å². The van der Waals surface area contributed by atoms with E-state index in [0.29, 0.717) is 22.2 Å². The van der Waals surface area contributed by atoms with Crippen molar-refractivity contribution in [3.05, 3.63) is 64.6 Å². The summed E-state index contributed by atoms with van der Waals surface area (Å²) in [6, 6.07) is 13.3. The Labute approximate surface area is 154 Å². The Bertz CT molecular complexity index is 1040. The van der Waals surface area contributed by atoms with E-state index in [4.69, 9.17) is 9.47 Å². The number of anilines is 1. The third kappa shape index (κ3) is 3.95. The fourth-order valence-electron chi connectivity index (χ4n) is 2.46. The highest BCUT2D eigenvalue weighted by molar-refractivity contribution is 6.03. The molecule has 1 aromatic heterocycles. The van der Waals surface area contributed by atoms with Gasteiger partial charge >= 0.3 is 5.97 Å². The van der Waals surface area contributed by atoms with Crippen LogP contribution in [0.4, 0.5) is 5.69 Å². The van der Waals surface area contributed by atoms with Crippen LogP contribution in [0.2, 0.25) is 0 Å². The number of carbonyl (C=O) groups excluding carboxylic acids is 2. The highest BCUT2D eigenvalue weighted by Gasteiger charge is 2.22. The average Bonchev–Trinajstić information content (AvgIpc) is 2.69. The lowest BCUT2D eigenvalue weighted by Crippen LogP contribution is -2.30. The van der Waals surface area contributed by atoms with Crippen LogP contribution in [0.5, 0.6) is 5.75 Å². The van der Waals surface area contributed by atoms with Crippen molar-refractivity contribution in [1.82, 2.24) is 10.2 Å². The molecule has 0 saturated carbocycles. The molecule has 8 heteroatoms. The molecule has 27 heavy (non-hydrogen) atoms. The number of H-pyrrole nitrogens is 1. The van der Waals surface area contributed by atoms with Gasteiger partial charge in [0.1, 0.15) is 5.75 Å². The van der Waals surface area contributed by atoms with Gasteiger partial charge in [0.2, 0.25) is 0 Å². The van der Waals surface area contributed by atoms with Crippen LogP contribution in [0.3, 0.4) is 0 Å². The Morgan fingerprint density at radius 1 is 1.07 bits per heavy atom. The van der Waals surface area contributed by atoms with Crippen LogP contribution in [0.1, 0.15) is 17.4 Å². The van der Waals surface area contributed by atoms with Crippen LogP contribution in [0.25, 0.3) is 10.8 Å². The van der Waals surface area contributed by atoms with Gasteiger partial charge in [0.25, 0.3) is 11.5 Å². The Hall–Kier alpha value is -3.68. The van der Waals surface area contributed by atoms with Gasteiger partial charge in [-0.3, -0.25) is 9.59 Å². The third-order valence-electron chi connectivity index (χ3n) is 3.90. The quantitative estimate of drug-likeness (QED) is 0.668. The molecule has 0 saturated heterocycles. The predicted molar refractivity (Wildman–Crippen MR) is 98.9 cm³/mol. The summed E-state index contributed by atoms with van der Waals surface area (Å²) in [4.78, 5) is 36.5. The van der Waals surface area contributed by atoms with E-state index in [0.717, 1.165) is 0 Å². The summed E-state index contributed by atoms with van der Waals surface area (Å²) in [7, 11) is 1.55. The second-order valence-electron chi connectivity index (χ2n) is 5.71. The topological polar surface area (TPSA) is 110 Å². The van der Waals surface area contributed by atoms with Crippen LogP contribution in [-0.4, -0.2) is 35.3 Å². The number of nitrogens with one attached hydrogen (secondary N) is 2. The van der Waals surface area contributed by atoms with Crippen molar-refractivity contribution in [3.8, 4) is 5.75 Å². The summed E-state index contributed by atoms with van der Waals surface area (Å²) >= 11 is 0. The van der Waals surface area contributed by atoms with Gasteiger partial charge in [-0.2, -0.15) is 5.10 Å². The molecule has 0 aliphatic heterocycles. The number of nitrogens with zero attached hydrogens (tertiary/aromatic N) is 1. The lowest BCUT2D eigenvalue weighted by molar-refractivity contribution is -0.123. The standard InChI is InChI=1S/C19H17N3O5/c1-11(17(23)20-12-7-9-13(26-2)10-8-12)27-19(25)16-14-5-3-4-6-15(14)18(24)22-21-16/h3-11H,1-2H3,(H,20,23)(H,22,24)/t11-/m1/s1. The Morgan fingerprint density at radius 2 is 1.74 bits per heavy atom. The summed E-state index contributed by atoms with van der Waals surface area (Å²) in [5.41, 5.74) is 0.0676. The number of carbonyl (C=O) groups is 2. The van der Waals surface area contributed by atoms with E-state index < -0.39 is 23.5 Å². The molecule has 0 radical (unpaired) electrons. The van der Waals surface area contributed by atoms with Gasteiger partial charge in [-0.1, -0.05) is 18.2 Å². The number of aromatic amines is 1. The van der Waals surface area contributed by atoms with E-state index in [1.165, 1.54) is 6.92 Å². The van der Waals surface area contributed by atoms with Gasteiger partial charge in [0.15, 0.2) is 11.8 Å². The number of methoxy groups -OCH3 is 1. The van der Waals surface area contributed by atoms with Gasteiger partial charge < -0.3 is 14.8 Å². The molecule has 1 heterocycles. The zero-order valence-corrected chi connectivity index (χ0v) is 14.7. The number of amides is 1.